The van der Waals surface area contributed by atoms with Crippen LogP contribution >= 0.6 is 0 Å². The van der Waals surface area contributed by atoms with Crippen LogP contribution in [-0.2, 0) is 20.9 Å². The number of ether oxygens (including phenoxy) is 1. The van der Waals surface area contributed by atoms with E-state index in [0.717, 1.165) is 4.68 Å². The number of urea groups is 1. The van der Waals surface area contributed by atoms with Crippen molar-refractivity contribution in [2.45, 2.75) is 26.5 Å². The fraction of sp³-hybridized carbons (Fsp3) is 0.312. The first kappa shape index (κ1) is 18.9. The molecule has 0 fully saturated rings. The van der Waals surface area contributed by atoms with E-state index >= 15 is 0 Å². The van der Waals surface area contributed by atoms with E-state index < -0.39 is 42.2 Å². The standard InChI is InChI=1S/C16H18N4O6/c1-9(2)12(13(22)18-15(17)23)25-11(21)8-20-16(24)26-14(19-20)10-6-4-3-5-7-10/h3-7,9,12H,8H2,1-2H3,(H3,17,18,22,23)/t12-/m1/s1. The predicted octanol–water partition coefficient (Wildman–Crippen LogP) is 0.266. The number of amides is 3. The summed E-state index contributed by atoms with van der Waals surface area (Å²) in [5.41, 5.74) is 5.45. The maximum atomic E-state index is 12.1. The lowest BCUT2D eigenvalue weighted by Crippen LogP contribution is -2.46. The molecule has 0 aliphatic heterocycles. The molecule has 138 valence electrons. The van der Waals surface area contributed by atoms with E-state index in [1.165, 1.54) is 0 Å². The molecule has 10 heteroatoms. The average molecular weight is 362 g/mol. The summed E-state index contributed by atoms with van der Waals surface area (Å²) in [6.45, 7) is 2.69. The molecule has 0 radical (unpaired) electrons. The average Bonchev–Trinajstić information content (AvgIpc) is 2.93. The number of nitrogens with two attached hydrogens (primary N) is 1. The predicted molar refractivity (Wildman–Crippen MR) is 88.6 cm³/mol. The van der Waals surface area contributed by atoms with Gasteiger partial charge in [0.1, 0.15) is 6.54 Å². The lowest BCUT2D eigenvalue weighted by molar-refractivity contribution is -0.159. The number of aromatic nitrogens is 2. The van der Waals surface area contributed by atoms with Gasteiger partial charge in [-0.1, -0.05) is 32.0 Å². The Balaban J connectivity index is 2.09. The third-order valence-electron chi connectivity index (χ3n) is 3.27. The second kappa shape index (κ2) is 8.10. The number of rotatable bonds is 6. The fourth-order valence-corrected chi connectivity index (χ4v) is 2.09. The zero-order chi connectivity index (χ0) is 19.3. The van der Waals surface area contributed by atoms with Gasteiger partial charge in [-0.3, -0.25) is 14.9 Å². The number of nitrogens with one attached hydrogen (secondary N) is 1. The van der Waals surface area contributed by atoms with Gasteiger partial charge in [-0.05, 0) is 18.1 Å². The number of esters is 1. The number of carbonyl (C=O) groups is 3. The monoisotopic (exact) mass is 362 g/mol. The maximum Gasteiger partial charge on any atom is 0.437 e. The lowest BCUT2D eigenvalue weighted by Gasteiger charge is -2.19. The summed E-state index contributed by atoms with van der Waals surface area (Å²) >= 11 is 0. The number of hydrogen-bond acceptors (Lipinski definition) is 7. The summed E-state index contributed by atoms with van der Waals surface area (Å²) in [7, 11) is 0. The van der Waals surface area contributed by atoms with Crippen LogP contribution in [0.5, 0.6) is 0 Å². The van der Waals surface area contributed by atoms with Gasteiger partial charge in [0.2, 0.25) is 5.89 Å². The Morgan fingerprint density at radius 2 is 1.92 bits per heavy atom. The molecule has 0 aliphatic rings. The molecule has 1 aromatic carbocycles. The van der Waals surface area contributed by atoms with Crippen molar-refractivity contribution in [2.75, 3.05) is 0 Å². The van der Waals surface area contributed by atoms with Crippen LogP contribution in [0, 0.1) is 5.92 Å². The van der Waals surface area contributed by atoms with E-state index in [-0.39, 0.29) is 5.89 Å². The number of benzene rings is 1. The van der Waals surface area contributed by atoms with Gasteiger partial charge in [0, 0.05) is 5.56 Å². The van der Waals surface area contributed by atoms with Crippen molar-refractivity contribution in [1.29, 1.82) is 0 Å². The number of hydrogen-bond donors (Lipinski definition) is 2. The number of primary amides is 1. The Kier molecular flexibility index (Phi) is 5.89. The molecule has 2 rings (SSSR count). The van der Waals surface area contributed by atoms with Crippen LogP contribution in [0.2, 0.25) is 0 Å². The Morgan fingerprint density at radius 3 is 2.50 bits per heavy atom. The summed E-state index contributed by atoms with van der Waals surface area (Å²) in [5.74, 6) is -2.96. The first-order valence-electron chi connectivity index (χ1n) is 7.71. The van der Waals surface area contributed by atoms with E-state index in [1.54, 1.807) is 44.2 Å². The van der Waals surface area contributed by atoms with E-state index in [0.29, 0.717) is 5.56 Å². The Morgan fingerprint density at radius 1 is 1.27 bits per heavy atom. The van der Waals surface area contributed by atoms with Gasteiger partial charge in [-0.15, -0.1) is 5.10 Å². The van der Waals surface area contributed by atoms with Crippen molar-refractivity contribution >= 4 is 17.9 Å². The summed E-state index contributed by atoms with van der Waals surface area (Å²) in [5, 5.41) is 5.78. The Labute approximate surface area is 147 Å². The van der Waals surface area contributed by atoms with Crippen molar-refractivity contribution in [3.8, 4) is 11.5 Å². The lowest BCUT2D eigenvalue weighted by atomic mass is 10.1. The summed E-state index contributed by atoms with van der Waals surface area (Å²) in [6.07, 6.45) is -1.24. The molecule has 0 spiro atoms. The molecule has 0 aliphatic carbocycles. The summed E-state index contributed by atoms with van der Waals surface area (Å²) < 4.78 is 10.8. The fourth-order valence-electron chi connectivity index (χ4n) is 2.09. The molecule has 1 aromatic heterocycles. The molecule has 3 amide bonds. The Hall–Kier alpha value is -3.43. The number of carbonyl (C=O) groups excluding carboxylic acids is 3. The van der Waals surface area contributed by atoms with E-state index in [9.17, 15) is 19.2 Å². The van der Waals surface area contributed by atoms with Crippen LogP contribution in [0.15, 0.2) is 39.5 Å². The van der Waals surface area contributed by atoms with Crippen molar-refractivity contribution in [3.63, 3.8) is 0 Å². The van der Waals surface area contributed by atoms with Crippen LogP contribution in [0.3, 0.4) is 0 Å². The molecular formula is C16H18N4O6. The van der Waals surface area contributed by atoms with Crippen molar-refractivity contribution < 1.29 is 23.5 Å². The van der Waals surface area contributed by atoms with E-state index in [4.69, 9.17) is 14.9 Å². The van der Waals surface area contributed by atoms with Gasteiger partial charge in [0.05, 0.1) is 0 Å². The molecule has 3 N–H and O–H groups in total. The van der Waals surface area contributed by atoms with Gasteiger partial charge >= 0.3 is 17.8 Å². The quantitative estimate of drug-likeness (QED) is 0.701. The summed E-state index contributed by atoms with van der Waals surface area (Å²) in [6, 6.07) is 7.60. The van der Waals surface area contributed by atoms with Crippen LogP contribution in [0.25, 0.3) is 11.5 Å². The molecule has 26 heavy (non-hydrogen) atoms. The van der Waals surface area contributed by atoms with Crippen LogP contribution in [-0.4, -0.2) is 33.8 Å². The first-order chi connectivity index (χ1) is 12.3. The minimum Gasteiger partial charge on any atom is -0.451 e. The molecule has 2 aromatic rings. The van der Waals surface area contributed by atoms with Crippen molar-refractivity contribution in [3.05, 3.63) is 40.9 Å². The van der Waals surface area contributed by atoms with Crippen molar-refractivity contribution in [1.82, 2.24) is 15.1 Å². The maximum absolute atomic E-state index is 12.1. The SMILES string of the molecule is CC(C)[C@@H](OC(=O)Cn1nc(-c2ccccc2)oc1=O)C(=O)NC(N)=O. The third-order valence-corrected chi connectivity index (χ3v) is 3.27. The topological polar surface area (TPSA) is 147 Å². The minimum atomic E-state index is -1.24. The molecule has 0 saturated carbocycles. The van der Waals surface area contributed by atoms with Crippen LogP contribution < -0.4 is 16.8 Å². The van der Waals surface area contributed by atoms with Gasteiger partial charge < -0.3 is 14.9 Å². The molecule has 0 bridgehead atoms. The van der Waals surface area contributed by atoms with Crippen molar-refractivity contribution in [2.24, 2.45) is 11.7 Å². The van der Waals surface area contributed by atoms with Gasteiger partial charge in [0.15, 0.2) is 6.10 Å². The normalized spacial score (nSPS) is 11.8. The molecule has 1 atom stereocenters. The number of nitrogens with zero attached hydrogens (tertiary/aromatic N) is 2. The first-order valence-corrected chi connectivity index (χ1v) is 7.71. The highest BCUT2D eigenvalue weighted by atomic mass is 16.5. The number of imide groups is 1. The van der Waals surface area contributed by atoms with Crippen LogP contribution in [0.4, 0.5) is 4.79 Å². The minimum absolute atomic E-state index is 0.0512. The second-order valence-corrected chi connectivity index (χ2v) is 5.70. The smallest absolute Gasteiger partial charge is 0.437 e. The Bertz CT molecular complexity index is 855. The molecule has 0 unspecified atom stereocenters. The van der Waals surface area contributed by atoms with E-state index in [1.807, 2.05) is 5.32 Å². The highest BCUT2D eigenvalue weighted by molar-refractivity contribution is 5.96. The summed E-state index contributed by atoms with van der Waals surface area (Å²) in [4.78, 5) is 46.5. The third kappa shape index (κ3) is 4.79. The highest BCUT2D eigenvalue weighted by Gasteiger charge is 2.28. The van der Waals surface area contributed by atoms with Gasteiger partial charge in [0.25, 0.3) is 5.91 Å². The molecular weight excluding hydrogens is 344 g/mol. The molecule has 10 nitrogen and oxygen atoms in total. The van der Waals surface area contributed by atoms with Gasteiger partial charge in [-0.2, -0.15) is 4.68 Å². The zero-order valence-electron chi connectivity index (χ0n) is 14.2. The second-order valence-electron chi connectivity index (χ2n) is 5.70. The van der Waals surface area contributed by atoms with Crippen LogP contribution in [0.1, 0.15) is 13.8 Å². The largest absolute Gasteiger partial charge is 0.451 e. The van der Waals surface area contributed by atoms with E-state index in [2.05, 4.69) is 5.10 Å². The zero-order valence-corrected chi connectivity index (χ0v) is 14.2. The van der Waals surface area contributed by atoms with Gasteiger partial charge in [-0.25, -0.2) is 9.59 Å². The highest BCUT2D eigenvalue weighted by Crippen LogP contribution is 2.14. The molecule has 0 saturated heterocycles. The molecule has 1 heterocycles.